The van der Waals surface area contributed by atoms with Crippen LogP contribution >= 0.6 is 0 Å². The molecule has 0 saturated carbocycles. The summed E-state index contributed by atoms with van der Waals surface area (Å²) < 4.78 is 30.5. The Morgan fingerprint density at radius 3 is 2.78 bits per heavy atom. The molecule has 0 aliphatic heterocycles. The van der Waals surface area contributed by atoms with Gasteiger partial charge in [-0.15, -0.1) is 0 Å². The third-order valence-electron chi connectivity index (χ3n) is 2.47. The van der Waals surface area contributed by atoms with E-state index in [1.54, 1.807) is 6.92 Å². The summed E-state index contributed by atoms with van der Waals surface area (Å²) in [5, 5.41) is 6.12. The van der Waals surface area contributed by atoms with E-state index in [2.05, 4.69) is 10.5 Å². The van der Waals surface area contributed by atoms with Crippen LogP contribution in [0.25, 0.3) is 0 Å². The first-order valence-electron chi connectivity index (χ1n) is 5.21. The second kappa shape index (κ2) is 4.95. The highest BCUT2D eigenvalue weighted by Gasteiger charge is 2.10. The van der Waals surface area contributed by atoms with Crippen molar-refractivity contribution >= 4 is 5.91 Å². The van der Waals surface area contributed by atoms with E-state index < -0.39 is 17.5 Å². The molecular weight excluding hydrogens is 242 g/mol. The Balaban J connectivity index is 2.04. The lowest BCUT2D eigenvalue weighted by Gasteiger charge is -2.04. The highest BCUT2D eigenvalue weighted by molar-refractivity contribution is 5.94. The number of halogens is 2. The van der Waals surface area contributed by atoms with Gasteiger partial charge in [0.15, 0.2) is 11.6 Å². The molecule has 0 radical (unpaired) electrons. The van der Waals surface area contributed by atoms with E-state index in [9.17, 15) is 13.6 Å². The lowest BCUT2D eigenvalue weighted by atomic mass is 10.2. The van der Waals surface area contributed by atoms with Crippen LogP contribution < -0.4 is 5.32 Å². The van der Waals surface area contributed by atoms with Crippen molar-refractivity contribution in [1.82, 2.24) is 10.5 Å². The highest BCUT2D eigenvalue weighted by atomic mass is 19.2. The Labute approximate surface area is 102 Å². The summed E-state index contributed by atoms with van der Waals surface area (Å²) >= 11 is 0. The smallest absolute Gasteiger partial charge is 0.251 e. The molecule has 18 heavy (non-hydrogen) atoms. The summed E-state index contributed by atoms with van der Waals surface area (Å²) in [7, 11) is 0. The topological polar surface area (TPSA) is 55.1 Å². The molecule has 1 amide bonds. The average molecular weight is 252 g/mol. The number of carbonyl (C=O) groups excluding carboxylic acids is 1. The normalized spacial score (nSPS) is 10.4. The number of hydrogen-bond acceptors (Lipinski definition) is 3. The average Bonchev–Trinajstić information content (AvgIpc) is 2.75. The second-order valence-corrected chi connectivity index (χ2v) is 3.72. The third kappa shape index (κ3) is 2.53. The van der Waals surface area contributed by atoms with Crippen LogP contribution in [0.15, 0.2) is 28.9 Å². The Kier molecular flexibility index (Phi) is 3.36. The molecule has 1 aromatic carbocycles. The van der Waals surface area contributed by atoms with Gasteiger partial charge in [-0.3, -0.25) is 4.79 Å². The first-order chi connectivity index (χ1) is 8.58. The lowest BCUT2D eigenvalue weighted by Crippen LogP contribution is -2.23. The molecule has 0 aliphatic rings. The van der Waals surface area contributed by atoms with Gasteiger partial charge in [0.25, 0.3) is 5.91 Å². The lowest BCUT2D eigenvalue weighted by molar-refractivity contribution is 0.0950. The van der Waals surface area contributed by atoms with Crippen LogP contribution in [0.2, 0.25) is 0 Å². The van der Waals surface area contributed by atoms with Crippen LogP contribution in [0.4, 0.5) is 8.78 Å². The zero-order chi connectivity index (χ0) is 13.1. The number of hydrogen-bond donors (Lipinski definition) is 1. The number of rotatable bonds is 3. The van der Waals surface area contributed by atoms with Crippen LogP contribution in [0, 0.1) is 18.6 Å². The quantitative estimate of drug-likeness (QED) is 0.911. The molecule has 6 heteroatoms. The minimum absolute atomic E-state index is 0.0583. The fraction of sp³-hybridized carbons (Fsp3) is 0.167. The van der Waals surface area contributed by atoms with Gasteiger partial charge in [0, 0.05) is 17.7 Å². The summed E-state index contributed by atoms with van der Waals surface area (Å²) in [6.45, 7) is 1.93. The van der Waals surface area contributed by atoms with Crippen molar-refractivity contribution in [3.05, 3.63) is 52.9 Å². The predicted molar refractivity (Wildman–Crippen MR) is 58.8 cm³/mol. The SMILES string of the molecule is Cc1oncc1CNC(=O)c1ccc(F)c(F)c1. The summed E-state index contributed by atoms with van der Waals surface area (Å²) in [5.74, 6) is -1.93. The van der Waals surface area contributed by atoms with E-state index in [0.717, 1.165) is 17.7 Å². The van der Waals surface area contributed by atoms with Gasteiger partial charge in [0.2, 0.25) is 0 Å². The molecule has 2 aromatic rings. The molecule has 1 aromatic heterocycles. The Bertz CT molecular complexity index is 581. The largest absolute Gasteiger partial charge is 0.361 e. The predicted octanol–water partition coefficient (Wildman–Crippen LogP) is 2.19. The van der Waals surface area contributed by atoms with Crippen LogP contribution in [-0.4, -0.2) is 11.1 Å². The zero-order valence-electron chi connectivity index (χ0n) is 9.54. The monoisotopic (exact) mass is 252 g/mol. The first kappa shape index (κ1) is 12.2. The van der Waals surface area contributed by atoms with E-state index in [4.69, 9.17) is 4.52 Å². The molecule has 0 aliphatic carbocycles. The fourth-order valence-corrected chi connectivity index (χ4v) is 1.40. The molecule has 1 heterocycles. The van der Waals surface area contributed by atoms with Gasteiger partial charge >= 0.3 is 0 Å². The molecule has 0 atom stereocenters. The van der Waals surface area contributed by atoms with E-state index in [-0.39, 0.29) is 12.1 Å². The first-order valence-corrected chi connectivity index (χ1v) is 5.21. The summed E-state index contributed by atoms with van der Waals surface area (Å²) in [6, 6.07) is 2.98. The van der Waals surface area contributed by atoms with Crippen LogP contribution in [0.1, 0.15) is 21.7 Å². The van der Waals surface area contributed by atoms with Crippen LogP contribution in [0.5, 0.6) is 0 Å². The number of nitrogens with one attached hydrogen (secondary N) is 1. The maximum Gasteiger partial charge on any atom is 0.251 e. The van der Waals surface area contributed by atoms with Crippen molar-refractivity contribution in [2.45, 2.75) is 13.5 Å². The Hall–Kier alpha value is -2.24. The molecule has 0 bridgehead atoms. The number of aryl methyl sites for hydroxylation is 1. The van der Waals surface area contributed by atoms with Crippen LogP contribution in [0.3, 0.4) is 0 Å². The maximum atomic E-state index is 12.9. The Morgan fingerprint density at radius 2 is 2.17 bits per heavy atom. The van der Waals surface area contributed by atoms with Gasteiger partial charge in [-0.2, -0.15) is 0 Å². The molecule has 0 fully saturated rings. The number of aromatic nitrogens is 1. The molecule has 4 nitrogen and oxygen atoms in total. The number of nitrogens with zero attached hydrogens (tertiary/aromatic N) is 1. The van der Waals surface area contributed by atoms with Gasteiger partial charge in [0.05, 0.1) is 6.20 Å². The maximum absolute atomic E-state index is 12.9. The van der Waals surface area contributed by atoms with Crippen molar-refractivity contribution < 1.29 is 18.1 Å². The van der Waals surface area contributed by atoms with Crippen molar-refractivity contribution in [2.75, 3.05) is 0 Å². The minimum atomic E-state index is -1.05. The van der Waals surface area contributed by atoms with Crippen molar-refractivity contribution in [3.63, 3.8) is 0 Å². The summed E-state index contributed by atoms with van der Waals surface area (Å²) in [6.07, 6.45) is 1.49. The van der Waals surface area contributed by atoms with E-state index >= 15 is 0 Å². The Morgan fingerprint density at radius 1 is 1.39 bits per heavy atom. The zero-order valence-corrected chi connectivity index (χ0v) is 9.54. The summed E-state index contributed by atoms with van der Waals surface area (Å²) in [4.78, 5) is 11.7. The van der Waals surface area contributed by atoms with Crippen LogP contribution in [-0.2, 0) is 6.54 Å². The number of amides is 1. The van der Waals surface area contributed by atoms with E-state index in [0.29, 0.717) is 5.76 Å². The number of benzene rings is 1. The molecule has 0 saturated heterocycles. The van der Waals surface area contributed by atoms with Crippen molar-refractivity contribution in [1.29, 1.82) is 0 Å². The van der Waals surface area contributed by atoms with Gasteiger partial charge in [-0.1, -0.05) is 5.16 Å². The minimum Gasteiger partial charge on any atom is -0.361 e. The molecule has 0 unspecified atom stereocenters. The number of carbonyl (C=O) groups is 1. The van der Waals surface area contributed by atoms with Crippen molar-refractivity contribution in [3.8, 4) is 0 Å². The summed E-state index contributed by atoms with van der Waals surface area (Å²) in [5.41, 5.74) is 0.786. The molecule has 94 valence electrons. The molecule has 1 N–H and O–H groups in total. The van der Waals surface area contributed by atoms with Gasteiger partial charge in [-0.05, 0) is 25.1 Å². The van der Waals surface area contributed by atoms with Gasteiger partial charge in [0.1, 0.15) is 5.76 Å². The molecule has 0 spiro atoms. The third-order valence-corrected chi connectivity index (χ3v) is 2.47. The highest BCUT2D eigenvalue weighted by Crippen LogP contribution is 2.09. The fourth-order valence-electron chi connectivity index (χ4n) is 1.40. The van der Waals surface area contributed by atoms with Gasteiger partial charge < -0.3 is 9.84 Å². The van der Waals surface area contributed by atoms with Crippen molar-refractivity contribution in [2.24, 2.45) is 0 Å². The molecule has 2 rings (SSSR count). The molecular formula is C12H10F2N2O2. The second-order valence-electron chi connectivity index (χ2n) is 3.72. The standard InChI is InChI=1S/C12H10F2N2O2/c1-7-9(6-16-18-7)5-15-12(17)8-2-3-10(13)11(14)4-8/h2-4,6H,5H2,1H3,(H,15,17). The van der Waals surface area contributed by atoms with E-state index in [1.807, 2.05) is 0 Å². The van der Waals surface area contributed by atoms with E-state index in [1.165, 1.54) is 12.3 Å². The van der Waals surface area contributed by atoms with Gasteiger partial charge in [-0.25, -0.2) is 8.78 Å².